The summed E-state index contributed by atoms with van der Waals surface area (Å²) in [4.78, 5) is 3.87. The van der Waals surface area contributed by atoms with Gasteiger partial charge in [-0.1, -0.05) is 6.07 Å². The van der Waals surface area contributed by atoms with E-state index in [1.807, 2.05) is 0 Å². The smallest absolute Gasteiger partial charge is 0.134 e. The zero-order valence-corrected chi connectivity index (χ0v) is 8.70. The van der Waals surface area contributed by atoms with Crippen LogP contribution in [-0.4, -0.2) is 6.21 Å². The van der Waals surface area contributed by atoms with Crippen LogP contribution in [0.2, 0.25) is 0 Å². The third kappa shape index (κ3) is 2.72. The number of rotatable bonds is 2. The van der Waals surface area contributed by atoms with Crippen LogP contribution in [0.15, 0.2) is 47.5 Å². The third-order valence-corrected chi connectivity index (χ3v) is 2.17. The number of halogens is 3. The van der Waals surface area contributed by atoms with Crippen molar-refractivity contribution in [3.63, 3.8) is 0 Å². The molecule has 86 valence electrons. The van der Waals surface area contributed by atoms with Gasteiger partial charge in [-0.05, 0) is 36.4 Å². The standard InChI is InChI=1S/C13H8F3N/c14-9-4-6-10(7-5-9)17-8-11-12(15)2-1-3-13(11)16/h1-8H. The van der Waals surface area contributed by atoms with Gasteiger partial charge in [-0.15, -0.1) is 0 Å². The van der Waals surface area contributed by atoms with Gasteiger partial charge in [-0.25, -0.2) is 13.2 Å². The lowest BCUT2D eigenvalue weighted by molar-refractivity contribution is 0.580. The van der Waals surface area contributed by atoms with Gasteiger partial charge in [0.05, 0.1) is 11.3 Å². The van der Waals surface area contributed by atoms with E-state index in [1.165, 1.54) is 30.3 Å². The highest BCUT2D eigenvalue weighted by molar-refractivity contribution is 5.82. The van der Waals surface area contributed by atoms with E-state index in [4.69, 9.17) is 0 Å². The Labute approximate surface area is 96.2 Å². The van der Waals surface area contributed by atoms with Gasteiger partial charge in [0.2, 0.25) is 0 Å². The normalized spacial score (nSPS) is 11.0. The van der Waals surface area contributed by atoms with Crippen molar-refractivity contribution < 1.29 is 13.2 Å². The van der Waals surface area contributed by atoms with Gasteiger partial charge in [0, 0.05) is 6.21 Å². The SMILES string of the molecule is Fc1ccc(N=Cc2c(F)cccc2F)cc1. The van der Waals surface area contributed by atoms with Crippen molar-refractivity contribution in [1.82, 2.24) is 0 Å². The zero-order valence-electron chi connectivity index (χ0n) is 8.70. The van der Waals surface area contributed by atoms with Crippen LogP contribution in [-0.2, 0) is 0 Å². The first-order valence-corrected chi connectivity index (χ1v) is 4.90. The molecule has 0 aliphatic heterocycles. The second-order valence-corrected chi connectivity index (χ2v) is 3.37. The molecular formula is C13H8F3N. The maximum Gasteiger partial charge on any atom is 0.134 e. The maximum absolute atomic E-state index is 13.2. The predicted octanol–water partition coefficient (Wildman–Crippen LogP) is 3.85. The van der Waals surface area contributed by atoms with Crippen molar-refractivity contribution >= 4 is 11.9 Å². The first kappa shape index (κ1) is 11.4. The fourth-order valence-electron chi connectivity index (χ4n) is 1.30. The van der Waals surface area contributed by atoms with Crippen LogP contribution in [0.4, 0.5) is 18.9 Å². The third-order valence-electron chi connectivity index (χ3n) is 2.17. The molecule has 1 nitrogen and oxygen atoms in total. The number of nitrogens with zero attached hydrogens (tertiary/aromatic N) is 1. The molecule has 0 fully saturated rings. The number of hydrogen-bond donors (Lipinski definition) is 0. The molecule has 0 spiro atoms. The number of hydrogen-bond acceptors (Lipinski definition) is 1. The van der Waals surface area contributed by atoms with E-state index in [9.17, 15) is 13.2 Å². The molecule has 4 heteroatoms. The second kappa shape index (κ2) is 4.82. The predicted molar refractivity (Wildman–Crippen MR) is 60.0 cm³/mol. The molecule has 0 atom stereocenters. The van der Waals surface area contributed by atoms with Crippen LogP contribution >= 0.6 is 0 Å². The van der Waals surface area contributed by atoms with Crippen LogP contribution in [0.5, 0.6) is 0 Å². The average Bonchev–Trinajstić information content (AvgIpc) is 2.31. The molecule has 17 heavy (non-hydrogen) atoms. The quantitative estimate of drug-likeness (QED) is 0.701. The Balaban J connectivity index is 2.29. The maximum atomic E-state index is 13.2. The van der Waals surface area contributed by atoms with Crippen molar-refractivity contribution in [3.05, 3.63) is 65.5 Å². The number of aliphatic imine (C=N–C) groups is 1. The average molecular weight is 235 g/mol. The molecule has 0 radical (unpaired) electrons. The summed E-state index contributed by atoms with van der Waals surface area (Å²) in [6, 6.07) is 8.87. The summed E-state index contributed by atoms with van der Waals surface area (Å²) in [5, 5.41) is 0. The summed E-state index contributed by atoms with van der Waals surface area (Å²) in [6.45, 7) is 0. The van der Waals surface area contributed by atoms with Crippen molar-refractivity contribution in [2.75, 3.05) is 0 Å². The molecule has 0 unspecified atom stereocenters. The van der Waals surface area contributed by atoms with Crippen LogP contribution in [0.25, 0.3) is 0 Å². The molecule has 0 saturated heterocycles. The van der Waals surface area contributed by atoms with Gasteiger partial charge >= 0.3 is 0 Å². The summed E-state index contributed by atoms with van der Waals surface area (Å²) < 4.78 is 39.1. The Hall–Kier alpha value is -2.10. The van der Waals surface area contributed by atoms with E-state index in [2.05, 4.69) is 4.99 Å². The Kier molecular flexibility index (Phi) is 3.23. The summed E-state index contributed by atoms with van der Waals surface area (Å²) >= 11 is 0. The van der Waals surface area contributed by atoms with E-state index < -0.39 is 11.6 Å². The van der Waals surface area contributed by atoms with Gasteiger partial charge in [0.15, 0.2) is 0 Å². The largest absolute Gasteiger partial charge is 0.256 e. The van der Waals surface area contributed by atoms with Crippen LogP contribution in [0.1, 0.15) is 5.56 Å². The first-order chi connectivity index (χ1) is 8.16. The van der Waals surface area contributed by atoms with Gasteiger partial charge in [0.25, 0.3) is 0 Å². The summed E-state index contributed by atoms with van der Waals surface area (Å²) in [5.74, 6) is -1.76. The van der Waals surface area contributed by atoms with E-state index in [-0.39, 0.29) is 11.4 Å². The molecule has 2 rings (SSSR count). The topological polar surface area (TPSA) is 12.4 Å². The molecule has 0 amide bonds. The molecule has 0 N–H and O–H groups in total. The highest BCUT2D eigenvalue weighted by Crippen LogP contribution is 2.14. The van der Waals surface area contributed by atoms with Crippen molar-refractivity contribution in [2.45, 2.75) is 0 Å². The molecule has 0 aromatic heterocycles. The minimum absolute atomic E-state index is 0.211. The minimum Gasteiger partial charge on any atom is -0.256 e. The van der Waals surface area contributed by atoms with Crippen LogP contribution < -0.4 is 0 Å². The van der Waals surface area contributed by atoms with Gasteiger partial charge < -0.3 is 0 Å². The monoisotopic (exact) mass is 235 g/mol. The van der Waals surface area contributed by atoms with Crippen molar-refractivity contribution in [2.24, 2.45) is 4.99 Å². The lowest BCUT2D eigenvalue weighted by Crippen LogP contribution is -1.92. The van der Waals surface area contributed by atoms with Crippen molar-refractivity contribution in [3.8, 4) is 0 Å². The first-order valence-electron chi connectivity index (χ1n) is 4.90. The van der Waals surface area contributed by atoms with E-state index in [0.717, 1.165) is 18.3 Å². The molecular weight excluding hydrogens is 227 g/mol. The molecule has 2 aromatic carbocycles. The fraction of sp³-hybridized carbons (Fsp3) is 0. The van der Waals surface area contributed by atoms with Gasteiger partial charge in [0.1, 0.15) is 17.5 Å². The lowest BCUT2D eigenvalue weighted by atomic mass is 10.2. The molecule has 0 aliphatic carbocycles. The highest BCUT2D eigenvalue weighted by atomic mass is 19.1. The van der Waals surface area contributed by atoms with Gasteiger partial charge in [-0.2, -0.15) is 0 Å². The lowest BCUT2D eigenvalue weighted by Gasteiger charge is -1.98. The van der Waals surface area contributed by atoms with E-state index >= 15 is 0 Å². The van der Waals surface area contributed by atoms with Crippen LogP contribution in [0.3, 0.4) is 0 Å². The Morgan fingerprint density at radius 2 is 1.41 bits per heavy atom. The Morgan fingerprint density at radius 3 is 2.00 bits per heavy atom. The van der Waals surface area contributed by atoms with E-state index in [1.54, 1.807) is 0 Å². The van der Waals surface area contributed by atoms with Crippen LogP contribution in [0, 0.1) is 17.5 Å². The number of benzene rings is 2. The molecule has 0 aliphatic rings. The zero-order chi connectivity index (χ0) is 12.3. The summed E-state index contributed by atoms with van der Waals surface area (Å²) in [5.41, 5.74) is 0.214. The molecule has 0 saturated carbocycles. The Bertz CT molecular complexity index is 527. The highest BCUT2D eigenvalue weighted by Gasteiger charge is 2.04. The second-order valence-electron chi connectivity index (χ2n) is 3.37. The molecule has 0 heterocycles. The van der Waals surface area contributed by atoms with Gasteiger partial charge in [-0.3, -0.25) is 4.99 Å². The molecule has 2 aromatic rings. The van der Waals surface area contributed by atoms with Crippen molar-refractivity contribution in [1.29, 1.82) is 0 Å². The van der Waals surface area contributed by atoms with E-state index in [0.29, 0.717) is 5.69 Å². The summed E-state index contributed by atoms with van der Waals surface area (Å²) in [7, 11) is 0. The summed E-state index contributed by atoms with van der Waals surface area (Å²) in [6.07, 6.45) is 1.08. The molecule has 0 bridgehead atoms. The fourth-order valence-corrected chi connectivity index (χ4v) is 1.30. The Morgan fingerprint density at radius 1 is 0.824 bits per heavy atom. The minimum atomic E-state index is -0.684.